The molecule has 2 atom stereocenters. The zero-order valence-corrected chi connectivity index (χ0v) is 14.3. The number of ether oxygens (including phenoxy) is 2. The minimum absolute atomic E-state index is 0.0626. The van der Waals surface area contributed by atoms with Crippen molar-refractivity contribution in [2.45, 2.75) is 51.2 Å². The number of hydrogen-bond acceptors (Lipinski definition) is 7. The summed E-state index contributed by atoms with van der Waals surface area (Å²) >= 11 is 0. The first-order valence-electron chi connectivity index (χ1n) is 7.63. The highest BCUT2D eigenvalue weighted by molar-refractivity contribution is 7.87. The highest BCUT2D eigenvalue weighted by atomic mass is 32.2. The van der Waals surface area contributed by atoms with Crippen LogP contribution in [-0.2, 0) is 29.2 Å². The van der Waals surface area contributed by atoms with Crippen LogP contribution in [0.3, 0.4) is 0 Å². The third kappa shape index (κ3) is 10.2. The molecule has 0 aromatic carbocycles. The molecule has 2 unspecified atom stereocenters. The van der Waals surface area contributed by atoms with Gasteiger partial charge in [0.2, 0.25) is 0 Å². The molecule has 0 heterocycles. The van der Waals surface area contributed by atoms with E-state index in [0.29, 0.717) is 12.5 Å². The van der Waals surface area contributed by atoms with Crippen LogP contribution in [0.25, 0.3) is 0 Å². The number of carbonyl (C=O) groups is 2. The first-order chi connectivity index (χ1) is 10.7. The van der Waals surface area contributed by atoms with Gasteiger partial charge >= 0.3 is 11.9 Å². The third-order valence-electron chi connectivity index (χ3n) is 3.34. The molecule has 0 radical (unpaired) electrons. The molecule has 0 aliphatic carbocycles. The summed E-state index contributed by atoms with van der Waals surface area (Å²) in [6.45, 7) is 4.50. The molecule has 136 valence electrons. The maximum absolute atomic E-state index is 11.5. The molecular formula is C14H25O8S-. The number of rotatable bonds is 13. The van der Waals surface area contributed by atoms with E-state index >= 15 is 0 Å². The quantitative estimate of drug-likeness (QED) is 0.296. The van der Waals surface area contributed by atoms with E-state index in [1.54, 1.807) is 0 Å². The molecule has 0 fully saturated rings. The number of carboxylic acid groups (broad SMARTS) is 1. The summed E-state index contributed by atoms with van der Waals surface area (Å²) in [5, 5.41) is 6.30. The highest BCUT2D eigenvalue weighted by Gasteiger charge is 2.29. The fraction of sp³-hybridized carbons (Fsp3) is 0.857. The Hall–Kier alpha value is -1.19. The van der Waals surface area contributed by atoms with Crippen LogP contribution in [0.1, 0.15) is 46.0 Å². The van der Waals surface area contributed by atoms with Gasteiger partial charge in [0.25, 0.3) is 0 Å². The zero-order chi connectivity index (χ0) is 17.9. The Balaban J connectivity index is 4.15. The molecule has 8 nitrogen and oxygen atoms in total. The predicted molar refractivity (Wildman–Crippen MR) is 80.8 cm³/mol. The van der Waals surface area contributed by atoms with E-state index in [2.05, 4.69) is 18.6 Å². The summed E-state index contributed by atoms with van der Waals surface area (Å²) in [5.74, 6) is -2.51. The molecule has 0 amide bonds. The van der Waals surface area contributed by atoms with Gasteiger partial charge in [0, 0.05) is 6.61 Å². The highest BCUT2D eigenvalue weighted by Crippen LogP contribution is 2.12. The van der Waals surface area contributed by atoms with Gasteiger partial charge in [-0.25, -0.2) is 8.42 Å². The number of carbonyl (C=O) groups excluding carboxylic acids is 1. The van der Waals surface area contributed by atoms with Gasteiger partial charge in [-0.2, -0.15) is 0 Å². The van der Waals surface area contributed by atoms with Gasteiger partial charge in [0.1, 0.15) is 16.7 Å². The van der Waals surface area contributed by atoms with Gasteiger partial charge in [-0.3, -0.25) is 9.59 Å². The summed E-state index contributed by atoms with van der Waals surface area (Å²) < 4.78 is 42.6. The van der Waals surface area contributed by atoms with Crippen LogP contribution >= 0.6 is 0 Å². The Bertz CT molecular complexity index is 459. The lowest BCUT2D eigenvalue weighted by Crippen LogP contribution is -2.34. The van der Waals surface area contributed by atoms with E-state index in [4.69, 9.17) is 9.84 Å². The largest absolute Gasteiger partial charge is 0.747 e. The minimum atomic E-state index is -5.08. The summed E-state index contributed by atoms with van der Waals surface area (Å²) in [6.07, 6.45) is 3.11. The molecular weight excluding hydrogens is 328 g/mol. The van der Waals surface area contributed by atoms with Crippen molar-refractivity contribution in [3.05, 3.63) is 0 Å². The average Bonchev–Trinajstić information content (AvgIpc) is 2.46. The van der Waals surface area contributed by atoms with Gasteiger partial charge in [0.15, 0.2) is 5.25 Å². The Kier molecular flexibility index (Phi) is 10.8. The summed E-state index contributed by atoms with van der Waals surface area (Å²) in [4.78, 5) is 22.0. The fourth-order valence-corrected chi connectivity index (χ4v) is 2.55. The van der Waals surface area contributed by atoms with E-state index in [-0.39, 0.29) is 13.2 Å². The summed E-state index contributed by atoms with van der Waals surface area (Å²) in [6, 6.07) is 0. The Morgan fingerprint density at radius 1 is 1.22 bits per heavy atom. The van der Waals surface area contributed by atoms with Crippen molar-refractivity contribution < 1.29 is 37.1 Å². The third-order valence-corrected chi connectivity index (χ3v) is 4.40. The molecule has 1 N–H and O–H groups in total. The Labute approximate surface area is 136 Å². The van der Waals surface area contributed by atoms with E-state index in [0.717, 1.165) is 25.7 Å². The fourth-order valence-electron chi connectivity index (χ4n) is 1.90. The molecule has 0 aromatic heterocycles. The van der Waals surface area contributed by atoms with Gasteiger partial charge < -0.3 is 19.1 Å². The van der Waals surface area contributed by atoms with Crippen molar-refractivity contribution in [1.29, 1.82) is 0 Å². The number of hydrogen-bond donors (Lipinski definition) is 1. The number of esters is 1. The van der Waals surface area contributed by atoms with Crippen LogP contribution in [-0.4, -0.2) is 55.1 Å². The molecule has 0 saturated carbocycles. The second kappa shape index (κ2) is 11.4. The molecule has 0 rings (SSSR count). The number of unbranched alkanes of at least 4 members (excludes halogenated alkanes) is 1. The second-order valence-corrected chi connectivity index (χ2v) is 6.79. The maximum Gasteiger partial charge on any atom is 0.323 e. The second-order valence-electron chi connectivity index (χ2n) is 5.24. The smallest absolute Gasteiger partial charge is 0.323 e. The predicted octanol–water partition coefficient (Wildman–Crippen LogP) is 1.15. The van der Waals surface area contributed by atoms with Crippen LogP contribution in [0.4, 0.5) is 0 Å². The first kappa shape index (κ1) is 21.8. The summed E-state index contributed by atoms with van der Waals surface area (Å²) in [7, 11) is -5.08. The van der Waals surface area contributed by atoms with Crippen LogP contribution < -0.4 is 0 Å². The Morgan fingerprint density at radius 2 is 1.87 bits per heavy atom. The van der Waals surface area contributed by atoms with Crippen LogP contribution in [0.15, 0.2) is 0 Å². The molecule has 0 bridgehead atoms. The first-order valence-corrected chi connectivity index (χ1v) is 9.10. The monoisotopic (exact) mass is 353 g/mol. The normalized spacial score (nSPS) is 14.2. The zero-order valence-electron chi connectivity index (χ0n) is 13.5. The standard InChI is InChI=1S/C14H26O8S/c1-3-5-6-11(4-2)10-21-7-8-22-14(17)12(9-13(15)16)23(18,19)20/h11-12H,3-10H2,1-2H3,(H,15,16)(H,18,19,20)/p-1. The molecule has 0 aromatic rings. The van der Waals surface area contributed by atoms with Gasteiger partial charge in [-0.15, -0.1) is 0 Å². The lowest BCUT2D eigenvalue weighted by Gasteiger charge is -2.18. The topological polar surface area (TPSA) is 130 Å². The molecule has 0 aliphatic rings. The van der Waals surface area contributed by atoms with Crippen LogP contribution in [0, 0.1) is 5.92 Å². The molecule has 23 heavy (non-hydrogen) atoms. The van der Waals surface area contributed by atoms with Crippen LogP contribution in [0.2, 0.25) is 0 Å². The van der Waals surface area contributed by atoms with E-state index in [9.17, 15) is 22.6 Å². The molecule has 0 saturated heterocycles. The van der Waals surface area contributed by atoms with Crippen molar-refractivity contribution in [3.63, 3.8) is 0 Å². The Morgan fingerprint density at radius 3 is 2.35 bits per heavy atom. The van der Waals surface area contributed by atoms with Crippen molar-refractivity contribution in [2.75, 3.05) is 19.8 Å². The average molecular weight is 353 g/mol. The molecule has 9 heteroatoms. The SMILES string of the molecule is CCCCC(CC)COCCOC(=O)C(CC(=O)O)S(=O)(=O)[O-]. The lowest BCUT2D eigenvalue weighted by molar-refractivity contribution is -0.148. The minimum Gasteiger partial charge on any atom is -0.747 e. The van der Waals surface area contributed by atoms with Crippen LogP contribution in [0.5, 0.6) is 0 Å². The van der Waals surface area contributed by atoms with E-state index in [1.807, 2.05) is 0 Å². The van der Waals surface area contributed by atoms with Crippen molar-refractivity contribution in [3.8, 4) is 0 Å². The van der Waals surface area contributed by atoms with Gasteiger partial charge in [-0.05, 0) is 12.3 Å². The lowest BCUT2D eigenvalue weighted by atomic mass is 10.0. The van der Waals surface area contributed by atoms with Crippen molar-refractivity contribution in [1.82, 2.24) is 0 Å². The van der Waals surface area contributed by atoms with E-state index in [1.165, 1.54) is 0 Å². The molecule has 0 spiro atoms. The van der Waals surface area contributed by atoms with Gasteiger partial charge in [0.05, 0.1) is 13.0 Å². The van der Waals surface area contributed by atoms with Gasteiger partial charge in [-0.1, -0.05) is 33.1 Å². The number of carboxylic acids is 1. The maximum atomic E-state index is 11.5. The van der Waals surface area contributed by atoms with E-state index < -0.39 is 33.7 Å². The number of aliphatic carboxylic acids is 1. The van der Waals surface area contributed by atoms with Crippen molar-refractivity contribution >= 4 is 22.1 Å². The summed E-state index contributed by atoms with van der Waals surface area (Å²) in [5.41, 5.74) is 0. The molecule has 0 aliphatic heterocycles. The van der Waals surface area contributed by atoms with Crippen molar-refractivity contribution in [2.24, 2.45) is 5.92 Å².